The van der Waals surface area contributed by atoms with Crippen LogP contribution in [0.1, 0.15) is 0 Å². The van der Waals surface area contributed by atoms with E-state index in [9.17, 15) is 0 Å². The molecule has 0 aliphatic carbocycles. The minimum Gasteiger partial charge on any atom is -0.309 e. The molecule has 4 aromatic heterocycles. The molecule has 0 saturated carbocycles. The van der Waals surface area contributed by atoms with Crippen LogP contribution < -0.4 is 0 Å². The highest BCUT2D eigenvalue weighted by Gasteiger charge is 2.19. The Morgan fingerprint density at radius 3 is 1.05 bits per heavy atom. The van der Waals surface area contributed by atoms with Gasteiger partial charge in [-0.25, -0.2) is 9.97 Å². The van der Waals surface area contributed by atoms with E-state index in [1.54, 1.807) is 0 Å². The van der Waals surface area contributed by atoms with Crippen molar-refractivity contribution in [3.8, 4) is 62.1 Å². The summed E-state index contributed by atoms with van der Waals surface area (Å²) in [5.41, 5.74) is 17.4. The Bertz CT molecular complexity index is 4380. The van der Waals surface area contributed by atoms with E-state index in [-0.39, 0.29) is 0 Å². The molecule has 0 unspecified atom stereocenters. The van der Waals surface area contributed by atoms with Crippen molar-refractivity contribution in [3.63, 3.8) is 0 Å². The molecule has 0 saturated heterocycles. The van der Waals surface area contributed by atoms with Gasteiger partial charge >= 0.3 is 0 Å². The lowest BCUT2D eigenvalue weighted by molar-refractivity contribution is 1.13. The van der Waals surface area contributed by atoms with E-state index in [4.69, 9.17) is 9.97 Å². The molecule has 5 heteroatoms. The maximum atomic E-state index is 5.27. The third-order valence-electron chi connectivity index (χ3n) is 14.8. The predicted octanol–water partition coefficient (Wildman–Crippen LogP) is 17.6. The van der Waals surface area contributed by atoms with Crippen molar-refractivity contribution >= 4 is 76.2 Å². The second-order valence-electron chi connectivity index (χ2n) is 19.0. The zero-order valence-electron chi connectivity index (χ0n) is 39.6. The fourth-order valence-electron chi connectivity index (χ4n) is 11.4. The van der Waals surface area contributed by atoms with Crippen LogP contribution in [0.2, 0.25) is 0 Å². The summed E-state index contributed by atoms with van der Waals surface area (Å²) < 4.78 is 7.21. The van der Waals surface area contributed by atoms with Gasteiger partial charge in [0.25, 0.3) is 0 Å². The topological polar surface area (TPSA) is 40.6 Å². The Labute approximate surface area is 420 Å². The summed E-state index contributed by atoms with van der Waals surface area (Å²) >= 11 is 0. The van der Waals surface area contributed by atoms with Crippen molar-refractivity contribution < 1.29 is 0 Å². The molecular formula is C68H43N5. The molecule has 73 heavy (non-hydrogen) atoms. The Hall–Kier alpha value is -9.84. The number of hydrogen-bond donors (Lipinski definition) is 0. The summed E-state index contributed by atoms with van der Waals surface area (Å²) in [6, 6.07) is 94.2. The van der Waals surface area contributed by atoms with Gasteiger partial charge < -0.3 is 13.7 Å². The number of benzene rings is 11. The van der Waals surface area contributed by atoms with Crippen LogP contribution in [0.3, 0.4) is 0 Å². The molecule has 0 fully saturated rings. The molecule has 0 bridgehead atoms. The van der Waals surface area contributed by atoms with E-state index in [0.29, 0.717) is 5.82 Å². The Morgan fingerprint density at radius 1 is 0.219 bits per heavy atom. The molecule has 15 rings (SSSR count). The maximum absolute atomic E-state index is 5.27. The molecule has 15 aromatic rings. The van der Waals surface area contributed by atoms with E-state index in [0.717, 1.165) is 67.0 Å². The first-order valence-corrected chi connectivity index (χ1v) is 24.9. The number of nitrogens with zero attached hydrogens (tertiary/aromatic N) is 5. The largest absolute Gasteiger partial charge is 0.309 e. The van der Waals surface area contributed by atoms with Crippen molar-refractivity contribution in [1.29, 1.82) is 0 Å². The van der Waals surface area contributed by atoms with Gasteiger partial charge in [0, 0.05) is 66.1 Å². The lowest BCUT2D eigenvalue weighted by atomic mass is 9.97. The summed E-state index contributed by atoms with van der Waals surface area (Å²) in [4.78, 5) is 10.5. The van der Waals surface area contributed by atoms with Crippen LogP contribution in [0.15, 0.2) is 261 Å². The summed E-state index contributed by atoms with van der Waals surface area (Å²) in [6.07, 6.45) is 0. The lowest BCUT2D eigenvalue weighted by Crippen LogP contribution is -2.00. The van der Waals surface area contributed by atoms with Gasteiger partial charge in [0.1, 0.15) is 0 Å². The number of hydrogen-bond acceptors (Lipinski definition) is 2. The molecule has 0 aliphatic heterocycles. The third-order valence-corrected chi connectivity index (χ3v) is 14.8. The first-order chi connectivity index (χ1) is 36.2. The van der Waals surface area contributed by atoms with E-state index >= 15 is 0 Å². The van der Waals surface area contributed by atoms with E-state index in [1.165, 1.54) is 65.4 Å². The van der Waals surface area contributed by atoms with Crippen molar-refractivity contribution in [2.45, 2.75) is 0 Å². The summed E-state index contributed by atoms with van der Waals surface area (Å²) in [6.45, 7) is 0. The van der Waals surface area contributed by atoms with Gasteiger partial charge in [0.15, 0.2) is 5.82 Å². The SMILES string of the molecule is c1ccc(-c2nc(-c3ccc(-n4c5ccccc5c5ccccc54)cc3)cc(-c3ccc4ccc(-c5cc(-n6c7ccccc7c7ccccc76)cc(-n6c7ccccc7c7ccccc76)c5)cc4c3)n2)cc1. The van der Waals surface area contributed by atoms with Gasteiger partial charge in [-0.15, -0.1) is 0 Å². The molecule has 340 valence electrons. The van der Waals surface area contributed by atoms with Gasteiger partial charge in [0.05, 0.1) is 44.5 Å². The Balaban J connectivity index is 0.882. The quantitative estimate of drug-likeness (QED) is 0.160. The molecule has 0 spiro atoms. The number of rotatable bonds is 7. The van der Waals surface area contributed by atoms with Crippen molar-refractivity contribution in [2.24, 2.45) is 0 Å². The van der Waals surface area contributed by atoms with Gasteiger partial charge in [-0.1, -0.05) is 176 Å². The molecule has 0 atom stereocenters. The monoisotopic (exact) mass is 929 g/mol. The molecule has 0 N–H and O–H groups in total. The summed E-state index contributed by atoms with van der Waals surface area (Å²) in [5, 5.41) is 9.73. The molecule has 11 aromatic carbocycles. The molecule has 0 radical (unpaired) electrons. The van der Waals surface area contributed by atoms with Gasteiger partial charge in [-0.05, 0) is 107 Å². The standard InChI is InChI=1S/C68H43N5/c1-2-16-46(17-3-1)68-69-60(45-34-36-51(37-35-45)71-62-24-10-4-18-54(62)55-19-5-11-25-63(55)71)43-61(70-68)48-33-31-44-30-32-47(38-49(44)39-48)50-40-52(72-64-26-12-6-20-56(64)57-21-7-13-27-65(57)72)42-53(41-50)73-66-28-14-8-22-58(66)59-23-9-15-29-67(59)73/h1-43H. The Kier molecular flexibility index (Phi) is 9.19. The van der Waals surface area contributed by atoms with Gasteiger partial charge in [-0.2, -0.15) is 0 Å². The molecular weight excluding hydrogens is 887 g/mol. The van der Waals surface area contributed by atoms with E-state index < -0.39 is 0 Å². The Morgan fingerprint density at radius 2 is 0.589 bits per heavy atom. The minimum absolute atomic E-state index is 0.688. The average molecular weight is 930 g/mol. The van der Waals surface area contributed by atoms with E-state index in [1.807, 2.05) is 18.2 Å². The van der Waals surface area contributed by atoms with E-state index in [2.05, 4.69) is 256 Å². The van der Waals surface area contributed by atoms with Crippen molar-refractivity contribution in [3.05, 3.63) is 261 Å². The summed E-state index contributed by atoms with van der Waals surface area (Å²) in [7, 11) is 0. The van der Waals surface area contributed by atoms with Gasteiger partial charge in [-0.3, -0.25) is 0 Å². The highest BCUT2D eigenvalue weighted by molar-refractivity contribution is 6.11. The predicted molar refractivity (Wildman–Crippen MR) is 304 cm³/mol. The van der Waals surface area contributed by atoms with Crippen molar-refractivity contribution in [1.82, 2.24) is 23.7 Å². The second kappa shape index (κ2) is 16.4. The van der Waals surface area contributed by atoms with Crippen molar-refractivity contribution in [2.75, 3.05) is 0 Å². The van der Waals surface area contributed by atoms with Crippen LogP contribution >= 0.6 is 0 Å². The molecule has 4 heterocycles. The van der Waals surface area contributed by atoms with Crippen LogP contribution in [0.4, 0.5) is 0 Å². The smallest absolute Gasteiger partial charge is 0.160 e. The average Bonchev–Trinajstić information content (AvgIpc) is 4.11. The number of aromatic nitrogens is 5. The normalized spacial score (nSPS) is 11.8. The second-order valence-corrected chi connectivity index (χ2v) is 19.0. The maximum Gasteiger partial charge on any atom is 0.160 e. The number of fused-ring (bicyclic) bond motifs is 10. The molecule has 0 amide bonds. The minimum atomic E-state index is 0.688. The molecule has 0 aliphatic rings. The fourth-order valence-corrected chi connectivity index (χ4v) is 11.4. The first-order valence-electron chi connectivity index (χ1n) is 24.9. The van der Waals surface area contributed by atoms with Crippen LogP contribution in [-0.2, 0) is 0 Å². The van der Waals surface area contributed by atoms with Crippen LogP contribution in [0.25, 0.3) is 138 Å². The highest BCUT2D eigenvalue weighted by Crippen LogP contribution is 2.40. The van der Waals surface area contributed by atoms with Crippen LogP contribution in [0, 0.1) is 0 Å². The van der Waals surface area contributed by atoms with Gasteiger partial charge in [0.2, 0.25) is 0 Å². The summed E-state index contributed by atoms with van der Waals surface area (Å²) in [5.74, 6) is 0.688. The van der Waals surface area contributed by atoms with Crippen LogP contribution in [-0.4, -0.2) is 23.7 Å². The van der Waals surface area contributed by atoms with Crippen LogP contribution in [0.5, 0.6) is 0 Å². The molecule has 5 nitrogen and oxygen atoms in total. The lowest BCUT2D eigenvalue weighted by Gasteiger charge is -2.16. The zero-order valence-corrected chi connectivity index (χ0v) is 39.6. The third kappa shape index (κ3) is 6.63. The first kappa shape index (κ1) is 41.0. The highest BCUT2D eigenvalue weighted by atomic mass is 15.0. The fraction of sp³-hybridized carbons (Fsp3) is 0. The number of para-hydroxylation sites is 6. The zero-order chi connectivity index (χ0) is 48.0.